The van der Waals surface area contributed by atoms with E-state index in [1.54, 1.807) is 0 Å². The molecule has 0 radical (unpaired) electrons. The van der Waals surface area contributed by atoms with Crippen LogP contribution < -0.4 is 15.4 Å². The summed E-state index contributed by atoms with van der Waals surface area (Å²) in [5, 5.41) is 4.99. The lowest BCUT2D eigenvalue weighted by molar-refractivity contribution is -0.137. The molecule has 0 saturated heterocycles. The topological polar surface area (TPSA) is 67.4 Å². The predicted molar refractivity (Wildman–Crippen MR) is 85.4 cm³/mol. The lowest BCUT2D eigenvalue weighted by Gasteiger charge is -2.10. The molecular formula is C17H15F3N2O3. The Morgan fingerprint density at radius 3 is 2.36 bits per heavy atom. The maximum absolute atomic E-state index is 12.6. The number of anilines is 1. The molecule has 132 valence electrons. The summed E-state index contributed by atoms with van der Waals surface area (Å²) in [6, 6.07) is 10.4. The summed E-state index contributed by atoms with van der Waals surface area (Å²) in [4.78, 5) is 23.2. The number of rotatable bonds is 5. The lowest BCUT2D eigenvalue weighted by Crippen LogP contribution is -2.21. The van der Waals surface area contributed by atoms with Crippen molar-refractivity contribution in [2.45, 2.75) is 6.18 Å². The summed E-state index contributed by atoms with van der Waals surface area (Å²) in [5.41, 5.74) is 0.0150. The van der Waals surface area contributed by atoms with Crippen LogP contribution in [0.2, 0.25) is 0 Å². The SMILES string of the molecule is CNC(=O)c1ccc(NC(=O)COc2cccc(C(F)(F)F)c2)cc1. The summed E-state index contributed by atoms with van der Waals surface area (Å²) in [6.45, 7) is -0.446. The number of halogens is 3. The summed E-state index contributed by atoms with van der Waals surface area (Å²) >= 11 is 0. The van der Waals surface area contributed by atoms with Crippen LogP contribution in [0.4, 0.5) is 18.9 Å². The second-order valence-electron chi connectivity index (χ2n) is 5.02. The molecule has 0 heterocycles. The van der Waals surface area contributed by atoms with Crippen LogP contribution in [0.3, 0.4) is 0 Å². The van der Waals surface area contributed by atoms with E-state index >= 15 is 0 Å². The molecular weight excluding hydrogens is 337 g/mol. The first-order valence-electron chi connectivity index (χ1n) is 7.21. The van der Waals surface area contributed by atoms with Gasteiger partial charge in [0.15, 0.2) is 6.61 Å². The number of benzene rings is 2. The van der Waals surface area contributed by atoms with Gasteiger partial charge in [-0.3, -0.25) is 9.59 Å². The van der Waals surface area contributed by atoms with E-state index in [1.807, 2.05) is 0 Å². The fourth-order valence-electron chi connectivity index (χ4n) is 1.96. The van der Waals surface area contributed by atoms with Crippen LogP contribution in [0.1, 0.15) is 15.9 Å². The van der Waals surface area contributed by atoms with Crippen LogP contribution in [0.25, 0.3) is 0 Å². The van der Waals surface area contributed by atoms with Gasteiger partial charge in [-0.25, -0.2) is 0 Å². The molecule has 0 aliphatic carbocycles. The highest BCUT2D eigenvalue weighted by atomic mass is 19.4. The van der Waals surface area contributed by atoms with Crippen molar-refractivity contribution in [1.29, 1.82) is 0 Å². The van der Waals surface area contributed by atoms with Crippen LogP contribution in [0.5, 0.6) is 5.75 Å². The van der Waals surface area contributed by atoms with Crippen LogP contribution in [-0.4, -0.2) is 25.5 Å². The summed E-state index contributed by atoms with van der Waals surface area (Å²) in [7, 11) is 1.50. The van der Waals surface area contributed by atoms with E-state index in [0.717, 1.165) is 12.1 Å². The van der Waals surface area contributed by atoms with Gasteiger partial charge in [-0.1, -0.05) is 6.07 Å². The van der Waals surface area contributed by atoms with Gasteiger partial charge in [-0.15, -0.1) is 0 Å². The highest BCUT2D eigenvalue weighted by Crippen LogP contribution is 2.31. The Balaban J connectivity index is 1.92. The lowest BCUT2D eigenvalue weighted by atomic mass is 10.2. The Morgan fingerprint density at radius 1 is 1.08 bits per heavy atom. The van der Waals surface area contributed by atoms with Gasteiger partial charge in [0.1, 0.15) is 5.75 Å². The largest absolute Gasteiger partial charge is 0.484 e. The van der Waals surface area contributed by atoms with Crippen molar-refractivity contribution >= 4 is 17.5 Å². The van der Waals surface area contributed by atoms with E-state index in [4.69, 9.17) is 4.74 Å². The average molecular weight is 352 g/mol. The van der Waals surface area contributed by atoms with Crippen molar-refractivity contribution < 1.29 is 27.5 Å². The number of nitrogens with one attached hydrogen (secondary N) is 2. The van der Waals surface area contributed by atoms with Crippen LogP contribution in [0, 0.1) is 0 Å². The third-order valence-corrected chi connectivity index (χ3v) is 3.19. The van der Waals surface area contributed by atoms with Crippen molar-refractivity contribution in [3.63, 3.8) is 0 Å². The van der Waals surface area contributed by atoms with Crippen LogP contribution in [-0.2, 0) is 11.0 Å². The highest BCUT2D eigenvalue weighted by molar-refractivity contribution is 5.95. The van der Waals surface area contributed by atoms with Crippen molar-refractivity contribution in [2.75, 3.05) is 19.0 Å². The smallest absolute Gasteiger partial charge is 0.416 e. The van der Waals surface area contributed by atoms with Gasteiger partial charge in [0, 0.05) is 18.3 Å². The van der Waals surface area contributed by atoms with E-state index in [2.05, 4.69) is 10.6 Å². The molecule has 2 amide bonds. The third-order valence-electron chi connectivity index (χ3n) is 3.19. The number of amides is 2. The Morgan fingerprint density at radius 2 is 1.76 bits per heavy atom. The maximum atomic E-state index is 12.6. The number of hydrogen-bond donors (Lipinski definition) is 2. The van der Waals surface area contributed by atoms with Gasteiger partial charge in [-0.2, -0.15) is 13.2 Å². The molecule has 2 N–H and O–H groups in total. The first kappa shape index (κ1) is 18.3. The molecule has 0 aromatic heterocycles. The zero-order chi connectivity index (χ0) is 18.4. The van der Waals surface area contributed by atoms with Crippen molar-refractivity contribution in [2.24, 2.45) is 0 Å². The first-order valence-corrected chi connectivity index (χ1v) is 7.21. The van der Waals surface area contributed by atoms with Crippen LogP contribution >= 0.6 is 0 Å². The Labute approximate surface area is 141 Å². The van der Waals surface area contributed by atoms with E-state index < -0.39 is 24.3 Å². The molecule has 5 nitrogen and oxygen atoms in total. The minimum Gasteiger partial charge on any atom is -0.484 e. The second kappa shape index (κ2) is 7.69. The van der Waals surface area contributed by atoms with Crippen molar-refractivity contribution in [3.05, 3.63) is 59.7 Å². The molecule has 0 fully saturated rings. The standard InChI is InChI=1S/C17H15F3N2O3/c1-21-16(24)11-5-7-13(8-6-11)22-15(23)10-25-14-4-2-3-12(9-14)17(18,19)20/h2-9H,10H2,1H3,(H,21,24)(H,22,23). The summed E-state index contributed by atoms with van der Waals surface area (Å²) < 4.78 is 42.9. The Hall–Kier alpha value is -3.03. The monoisotopic (exact) mass is 352 g/mol. The minimum absolute atomic E-state index is 0.0556. The van der Waals surface area contributed by atoms with Gasteiger partial charge < -0.3 is 15.4 Å². The molecule has 0 unspecified atom stereocenters. The van der Waals surface area contributed by atoms with Crippen molar-refractivity contribution in [1.82, 2.24) is 5.32 Å². The Kier molecular flexibility index (Phi) is 5.63. The molecule has 2 aromatic carbocycles. The number of carbonyl (C=O) groups is 2. The van der Waals surface area contributed by atoms with Gasteiger partial charge in [-0.05, 0) is 42.5 Å². The fraction of sp³-hybridized carbons (Fsp3) is 0.176. The quantitative estimate of drug-likeness (QED) is 0.869. The molecule has 25 heavy (non-hydrogen) atoms. The molecule has 0 bridgehead atoms. The third kappa shape index (κ3) is 5.23. The van der Waals surface area contributed by atoms with Crippen molar-refractivity contribution in [3.8, 4) is 5.75 Å². The maximum Gasteiger partial charge on any atom is 0.416 e. The minimum atomic E-state index is -4.48. The normalized spacial score (nSPS) is 10.9. The summed E-state index contributed by atoms with van der Waals surface area (Å²) in [5.74, 6) is -0.851. The second-order valence-corrected chi connectivity index (χ2v) is 5.02. The average Bonchev–Trinajstić information content (AvgIpc) is 2.59. The number of carbonyl (C=O) groups excluding carboxylic acids is 2. The number of hydrogen-bond acceptors (Lipinski definition) is 3. The molecule has 0 atom stereocenters. The summed E-state index contributed by atoms with van der Waals surface area (Å²) in [6.07, 6.45) is -4.48. The molecule has 0 saturated carbocycles. The Bertz CT molecular complexity index is 758. The van der Waals surface area contributed by atoms with Gasteiger partial charge in [0.2, 0.25) is 0 Å². The van der Waals surface area contributed by atoms with E-state index in [9.17, 15) is 22.8 Å². The molecule has 0 aliphatic heterocycles. The van der Waals surface area contributed by atoms with E-state index in [1.165, 1.54) is 43.4 Å². The van der Waals surface area contributed by atoms with E-state index in [-0.39, 0.29) is 11.7 Å². The van der Waals surface area contributed by atoms with Crippen LogP contribution in [0.15, 0.2) is 48.5 Å². The van der Waals surface area contributed by atoms with Gasteiger partial charge >= 0.3 is 6.18 Å². The fourth-order valence-corrected chi connectivity index (χ4v) is 1.96. The van der Waals surface area contributed by atoms with Gasteiger partial charge in [0.25, 0.3) is 11.8 Å². The zero-order valence-electron chi connectivity index (χ0n) is 13.2. The molecule has 0 spiro atoms. The molecule has 8 heteroatoms. The molecule has 2 rings (SSSR count). The van der Waals surface area contributed by atoms with E-state index in [0.29, 0.717) is 11.3 Å². The van der Waals surface area contributed by atoms with Gasteiger partial charge in [0.05, 0.1) is 5.56 Å². The highest BCUT2D eigenvalue weighted by Gasteiger charge is 2.30. The number of ether oxygens (including phenoxy) is 1. The first-order chi connectivity index (χ1) is 11.8. The predicted octanol–water partition coefficient (Wildman–Crippen LogP) is 3.08. The zero-order valence-corrected chi connectivity index (χ0v) is 13.2. The molecule has 2 aromatic rings. The number of alkyl halides is 3. The molecule has 0 aliphatic rings.